The van der Waals surface area contributed by atoms with Crippen LogP contribution in [0.1, 0.15) is 24.4 Å². The third kappa shape index (κ3) is 5.70. The monoisotopic (exact) mass is 352 g/mol. The topological polar surface area (TPSA) is 35.5 Å². The van der Waals surface area contributed by atoms with Gasteiger partial charge in [-0.1, -0.05) is 53.5 Å². The molecule has 3 nitrogen and oxygen atoms in total. The van der Waals surface area contributed by atoms with Crippen LogP contribution in [0.5, 0.6) is 0 Å². The van der Waals surface area contributed by atoms with Gasteiger partial charge in [0.2, 0.25) is 0 Å². The molecule has 0 saturated carbocycles. The molecule has 0 radical (unpaired) electrons. The molecule has 0 amide bonds. The summed E-state index contributed by atoms with van der Waals surface area (Å²) in [6.07, 6.45) is 1.89. The van der Waals surface area contributed by atoms with E-state index < -0.39 is 0 Å². The van der Waals surface area contributed by atoms with Gasteiger partial charge in [0.1, 0.15) is 0 Å². The summed E-state index contributed by atoms with van der Waals surface area (Å²) in [7, 11) is 1.90. The van der Waals surface area contributed by atoms with Gasteiger partial charge in [0.15, 0.2) is 0 Å². The fourth-order valence-corrected chi connectivity index (χ4v) is 2.78. The van der Waals surface area contributed by atoms with E-state index in [1.165, 1.54) is 5.56 Å². The van der Waals surface area contributed by atoms with E-state index in [2.05, 4.69) is 17.4 Å². The summed E-state index contributed by atoms with van der Waals surface area (Å²) in [5.74, 6) is 0. The predicted molar refractivity (Wildman–Crippen MR) is 98.2 cm³/mol. The van der Waals surface area contributed by atoms with Crippen LogP contribution in [-0.4, -0.2) is 30.3 Å². The second kappa shape index (κ2) is 9.14. The minimum Gasteiger partial charge on any atom is -0.381 e. The molecule has 23 heavy (non-hydrogen) atoms. The molecule has 1 unspecified atom stereocenters. The third-order valence-corrected chi connectivity index (χ3v) is 4.30. The first kappa shape index (κ1) is 18.1. The van der Waals surface area contributed by atoms with Gasteiger partial charge in [-0.05, 0) is 43.7 Å². The van der Waals surface area contributed by atoms with Crippen molar-refractivity contribution in [2.75, 3.05) is 25.6 Å². The lowest BCUT2D eigenvalue weighted by molar-refractivity contribution is 0.130. The Bertz CT molecular complexity index is 607. The lowest BCUT2D eigenvalue weighted by atomic mass is 10.0. The van der Waals surface area contributed by atoms with Crippen LogP contribution in [0.3, 0.4) is 0 Å². The number of rotatable bonds is 8. The average molecular weight is 353 g/mol. The molecule has 2 rings (SSSR count). The van der Waals surface area contributed by atoms with Crippen LogP contribution in [0.25, 0.3) is 0 Å². The van der Waals surface area contributed by atoms with Crippen molar-refractivity contribution in [2.24, 2.45) is 0 Å². The average Bonchev–Trinajstić information content (AvgIpc) is 2.57. The first-order valence-electron chi connectivity index (χ1n) is 7.66. The second-order valence-corrected chi connectivity index (χ2v) is 6.44. The van der Waals surface area contributed by atoms with E-state index >= 15 is 0 Å². The van der Waals surface area contributed by atoms with Crippen molar-refractivity contribution in [1.29, 1.82) is 0 Å². The molecule has 0 heterocycles. The van der Waals surface area contributed by atoms with E-state index in [0.717, 1.165) is 25.1 Å². The van der Waals surface area contributed by atoms with Crippen LogP contribution in [0, 0.1) is 0 Å². The van der Waals surface area contributed by atoms with Gasteiger partial charge in [0.25, 0.3) is 0 Å². The number of anilines is 1. The van der Waals surface area contributed by atoms with Crippen molar-refractivity contribution in [1.82, 2.24) is 4.90 Å². The molecule has 0 fully saturated rings. The fourth-order valence-electron chi connectivity index (χ4n) is 2.44. The SMILES string of the molecule is CN(CO)CCCC(Nc1cc(Cl)ccc1Cl)c1ccccc1. The largest absolute Gasteiger partial charge is 0.381 e. The standard InChI is InChI=1S/C18H22Cl2N2O/c1-22(13-23)11-5-8-17(14-6-3-2-4-7-14)21-18-12-15(19)9-10-16(18)20/h2-4,6-7,9-10,12,17,21,23H,5,8,11,13H2,1H3. The second-order valence-electron chi connectivity index (χ2n) is 5.60. The lowest BCUT2D eigenvalue weighted by Crippen LogP contribution is -2.21. The molecule has 0 saturated heterocycles. The Hall–Kier alpha value is -1.26. The summed E-state index contributed by atoms with van der Waals surface area (Å²) in [5.41, 5.74) is 2.04. The molecule has 2 aromatic rings. The summed E-state index contributed by atoms with van der Waals surface area (Å²) in [6.45, 7) is 0.911. The van der Waals surface area contributed by atoms with Crippen molar-refractivity contribution in [3.8, 4) is 0 Å². The molecule has 5 heteroatoms. The molecule has 0 aliphatic heterocycles. The Labute approximate surface area is 147 Å². The molecule has 2 aromatic carbocycles. The van der Waals surface area contributed by atoms with Crippen LogP contribution in [0.2, 0.25) is 10.0 Å². The molecule has 0 aliphatic rings. The van der Waals surface area contributed by atoms with Gasteiger partial charge in [0, 0.05) is 11.6 Å². The van der Waals surface area contributed by atoms with Gasteiger partial charge in [-0.15, -0.1) is 0 Å². The Morgan fingerprint density at radius 1 is 1.13 bits per heavy atom. The number of nitrogens with one attached hydrogen (secondary N) is 1. The zero-order valence-electron chi connectivity index (χ0n) is 13.2. The summed E-state index contributed by atoms with van der Waals surface area (Å²) in [6, 6.07) is 15.8. The Morgan fingerprint density at radius 3 is 2.57 bits per heavy atom. The van der Waals surface area contributed by atoms with E-state index in [0.29, 0.717) is 10.0 Å². The Kier molecular flexibility index (Phi) is 7.18. The van der Waals surface area contributed by atoms with E-state index in [-0.39, 0.29) is 12.8 Å². The zero-order chi connectivity index (χ0) is 16.7. The van der Waals surface area contributed by atoms with Crippen molar-refractivity contribution in [2.45, 2.75) is 18.9 Å². The van der Waals surface area contributed by atoms with Crippen LogP contribution in [0.4, 0.5) is 5.69 Å². The number of aliphatic hydroxyl groups excluding tert-OH is 1. The molecular weight excluding hydrogens is 331 g/mol. The van der Waals surface area contributed by atoms with E-state index in [9.17, 15) is 0 Å². The maximum atomic E-state index is 9.10. The smallest absolute Gasteiger partial charge is 0.0954 e. The third-order valence-electron chi connectivity index (χ3n) is 3.73. The van der Waals surface area contributed by atoms with Crippen molar-refractivity contribution in [3.63, 3.8) is 0 Å². The van der Waals surface area contributed by atoms with Gasteiger partial charge < -0.3 is 10.4 Å². The van der Waals surface area contributed by atoms with Gasteiger partial charge in [0.05, 0.1) is 23.5 Å². The van der Waals surface area contributed by atoms with Crippen molar-refractivity contribution in [3.05, 3.63) is 64.1 Å². The summed E-state index contributed by atoms with van der Waals surface area (Å²) >= 11 is 12.4. The van der Waals surface area contributed by atoms with Crippen LogP contribution >= 0.6 is 23.2 Å². The summed E-state index contributed by atoms with van der Waals surface area (Å²) in [5, 5.41) is 13.9. The predicted octanol–water partition coefficient (Wildman–Crippen LogP) is 4.81. The minimum atomic E-state index is 0.0730. The highest BCUT2D eigenvalue weighted by atomic mass is 35.5. The van der Waals surface area contributed by atoms with Crippen LogP contribution in [-0.2, 0) is 0 Å². The Morgan fingerprint density at radius 2 is 1.87 bits per heavy atom. The molecule has 124 valence electrons. The molecule has 0 bridgehead atoms. The highest BCUT2D eigenvalue weighted by molar-refractivity contribution is 6.35. The lowest BCUT2D eigenvalue weighted by Gasteiger charge is -2.22. The number of hydrogen-bond donors (Lipinski definition) is 2. The maximum absolute atomic E-state index is 9.10. The van der Waals surface area contributed by atoms with Gasteiger partial charge >= 0.3 is 0 Å². The minimum absolute atomic E-state index is 0.0730. The highest BCUT2D eigenvalue weighted by Crippen LogP contribution is 2.31. The van der Waals surface area contributed by atoms with Crippen molar-refractivity contribution < 1.29 is 5.11 Å². The maximum Gasteiger partial charge on any atom is 0.0954 e. The molecule has 0 spiro atoms. The molecular formula is C18H22Cl2N2O. The first-order valence-corrected chi connectivity index (χ1v) is 8.41. The Balaban J connectivity index is 2.11. The van der Waals surface area contributed by atoms with Gasteiger partial charge in [-0.2, -0.15) is 0 Å². The fraction of sp³-hybridized carbons (Fsp3) is 0.333. The van der Waals surface area contributed by atoms with E-state index in [4.69, 9.17) is 28.3 Å². The zero-order valence-corrected chi connectivity index (χ0v) is 14.7. The summed E-state index contributed by atoms with van der Waals surface area (Å²) in [4.78, 5) is 1.88. The molecule has 0 aromatic heterocycles. The first-order chi connectivity index (χ1) is 11.1. The number of hydrogen-bond acceptors (Lipinski definition) is 3. The molecule has 0 aliphatic carbocycles. The quantitative estimate of drug-likeness (QED) is 0.669. The normalized spacial score (nSPS) is 12.4. The number of nitrogens with zero attached hydrogens (tertiary/aromatic N) is 1. The van der Waals surface area contributed by atoms with Crippen LogP contribution < -0.4 is 5.32 Å². The van der Waals surface area contributed by atoms with Gasteiger partial charge in [-0.3, -0.25) is 4.90 Å². The summed E-state index contributed by atoms with van der Waals surface area (Å²) < 4.78 is 0. The molecule has 1 atom stereocenters. The number of aliphatic hydroxyl groups is 1. The van der Waals surface area contributed by atoms with Crippen molar-refractivity contribution >= 4 is 28.9 Å². The highest BCUT2D eigenvalue weighted by Gasteiger charge is 2.13. The van der Waals surface area contributed by atoms with E-state index in [1.54, 1.807) is 12.1 Å². The van der Waals surface area contributed by atoms with E-state index in [1.807, 2.05) is 36.2 Å². The molecule has 2 N–H and O–H groups in total. The number of benzene rings is 2. The van der Waals surface area contributed by atoms with Crippen LogP contribution in [0.15, 0.2) is 48.5 Å². The number of halogens is 2. The van der Waals surface area contributed by atoms with Gasteiger partial charge in [-0.25, -0.2) is 0 Å².